The number of terminal acetylenes is 1. The number of carbonyl (C=O) groups is 2. The lowest BCUT2D eigenvalue weighted by molar-refractivity contribution is -0.120. The van der Waals surface area contributed by atoms with E-state index in [4.69, 9.17) is 12.2 Å². The number of rotatable bonds is 6. The number of hydrogen-bond donors (Lipinski definition) is 2. The first-order valence-electron chi connectivity index (χ1n) is 5.84. The summed E-state index contributed by atoms with van der Waals surface area (Å²) in [4.78, 5) is 23.0. The average molecular weight is 262 g/mol. The van der Waals surface area contributed by atoms with E-state index in [9.17, 15) is 14.0 Å². The summed E-state index contributed by atoms with van der Waals surface area (Å²) in [6, 6.07) is 4.25. The Bertz CT molecular complexity index is 491. The van der Waals surface area contributed by atoms with Gasteiger partial charge in [-0.05, 0) is 37.1 Å². The third-order valence-electron chi connectivity index (χ3n) is 2.57. The molecule has 0 aliphatic carbocycles. The molecule has 1 aromatic carbocycles. The van der Waals surface area contributed by atoms with E-state index in [1.54, 1.807) is 0 Å². The lowest BCUT2D eigenvalue weighted by Crippen LogP contribution is -2.44. The van der Waals surface area contributed by atoms with Gasteiger partial charge in [-0.25, -0.2) is 4.39 Å². The monoisotopic (exact) mass is 262 g/mol. The summed E-state index contributed by atoms with van der Waals surface area (Å²) in [6.45, 7) is 0. The van der Waals surface area contributed by atoms with Crippen LogP contribution in [0.4, 0.5) is 4.39 Å². The van der Waals surface area contributed by atoms with Crippen molar-refractivity contribution in [3.8, 4) is 12.3 Å². The minimum Gasteiger partial charge on any atom is -0.368 e. The van der Waals surface area contributed by atoms with Gasteiger partial charge in [0.05, 0.1) is 0 Å². The van der Waals surface area contributed by atoms with E-state index in [1.165, 1.54) is 24.3 Å². The summed E-state index contributed by atoms with van der Waals surface area (Å²) in [5.41, 5.74) is 5.47. The fourth-order valence-electron chi connectivity index (χ4n) is 1.54. The Morgan fingerprint density at radius 1 is 1.37 bits per heavy atom. The highest BCUT2D eigenvalue weighted by Gasteiger charge is 2.18. The van der Waals surface area contributed by atoms with Gasteiger partial charge in [0.2, 0.25) is 5.91 Å². The van der Waals surface area contributed by atoms with Crippen LogP contribution in [0.5, 0.6) is 0 Å². The van der Waals surface area contributed by atoms with Crippen LogP contribution in [0.1, 0.15) is 29.6 Å². The molecule has 0 bridgehead atoms. The first kappa shape index (κ1) is 14.7. The van der Waals surface area contributed by atoms with Gasteiger partial charge in [0, 0.05) is 12.0 Å². The molecule has 0 aliphatic heterocycles. The van der Waals surface area contributed by atoms with Gasteiger partial charge in [-0.15, -0.1) is 12.3 Å². The van der Waals surface area contributed by atoms with Crippen molar-refractivity contribution in [3.63, 3.8) is 0 Å². The van der Waals surface area contributed by atoms with Crippen LogP contribution in [0, 0.1) is 18.2 Å². The first-order chi connectivity index (χ1) is 9.04. The van der Waals surface area contributed by atoms with E-state index < -0.39 is 23.7 Å². The van der Waals surface area contributed by atoms with Crippen molar-refractivity contribution in [2.45, 2.75) is 25.3 Å². The van der Waals surface area contributed by atoms with Crippen LogP contribution < -0.4 is 11.1 Å². The van der Waals surface area contributed by atoms with E-state index in [1.807, 2.05) is 0 Å². The van der Waals surface area contributed by atoms with Gasteiger partial charge >= 0.3 is 0 Å². The molecule has 0 heterocycles. The smallest absolute Gasteiger partial charge is 0.251 e. The Morgan fingerprint density at radius 2 is 2.00 bits per heavy atom. The van der Waals surface area contributed by atoms with Crippen molar-refractivity contribution in [1.82, 2.24) is 5.32 Å². The summed E-state index contributed by atoms with van der Waals surface area (Å²) in [7, 11) is 0. The minimum atomic E-state index is -0.772. The number of nitrogens with two attached hydrogens (primary N) is 1. The fraction of sp³-hybridized carbons (Fsp3) is 0.286. The maximum Gasteiger partial charge on any atom is 0.251 e. The predicted octanol–water partition coefficient (Wildman–Crippen LogP) is 1.21. The zero-order valence-electron chi connectivity index (χ0n) is 10.4. The SMILES string of the molecule is C#CCCC[C@@H](NC(=O)c1ccc(F)cc1)C(N)=O. The molecule has 1 rings (SSSR count). The number of halogens is 1. The van der Waals surface area contributed by atoms with Crippen molar-refractivity contribution in [3.05, 3.63) is 35.6 Å². The van der Waals surface area contributed by atoms with Gasteiger partial charge in [0.1, 0.15) is 11.9 Å². The highest BCUT2D eigenvalue weighted by molar-refractivity contribution is 5.97. The van der Waals surface area contributed by atoms with Gasteiger partial charge in [-0.2, -0.15) is 0 Å². The number of hydrogen-bond acceptors (Lipinski definition) is 2. The molecule has 0 radical (unpaired) electrons. The Morgan fingerprint density at radius 3 is 2.53 bits per heavy atom. The van der Waals surface area contributed by atoms with E-state index in [-0.39, 0.29) is 5.56 Å². The predicted molar refractivity (Wildman–Crippen MR) is 69.5 cm³/mol. The molecule has 2 amide bonds. The van der Waals surface area contributed by atoms with E-state index >= 15 is 0 Å². The second-order valence-electron chi connectivity index (χ2n) is 4.03. The van der Waals surface area contributed by atoms with Gasteiger partial charge in [0.25, 0.3) is 5.91 Å². The Labute approximate surface area is 111 Å². The normalized spacial score (nSPS) is 11.4. The van der Waals surface area contributed by atoms with Crippen molar-refractivity contribution < 1.29 is 14.0 Å². The third-order valence-corrected chi connectivity index (χ3v) is 2.57. The fourth-order valence-corrected chi connectivity index (χ4v) is 1.54. The Hall–Kier alpha value is -2.35. The molecule has 5 heteroatoms. The van der Waals surface area contributed by atoms with E-state index in [0.717, 1.165) is 0 Å². The van der Waals surface area contributed by atoms with Crippen LogP contribution in [0.2, 0.25) is 0 Å². The molecule has 0 spiro atoms. The summed E-state index contributed by atoms with van der Waals surface area (Å²) in [6.07, 6.45) is 6.59. The van der Waals surface area contributed by atoms with Crippen LogP contribution in [0.3, 0.4) is 0 Å². The number of carbonyl (C=O) groups excluding carboxylic acids is 2. The van der Waals surface area contributed by atoms with Gasteiger partial charge in [0.15, 0.2) is 0 Å². The van der Waals surface area contributed by atoms with Crippen LogP contribution in [0.25, 0.3) is 0 Å². The number of benzene rings is 1. The summed E-state index contributed by atoms with van der Waals surface area (Å²) >= 11 is 0. The third kappa shape index (κ3) is 4.80. The molecule has 0 aliphatic rings. The second kappa shape index (κ2) is 7.17. The number of nitrogens with one attached hydrogen (secondary N) is 1. The lowest BCUT2D eigenvalue weighted by atomic mass is 10.1. The molecule has 100 valence electrons. The van der Waals surface area contributed by atoms with Crippen molar-refractivity contribution >= 4 is 11.8 Å². The Kier molecular flexibility index (Phi) is 5.55. The van der Waals surface area contributed by atoms with Gasteiger partial charge < -0.3 is 11.1 Å². The van der Waals surface area contributed by atoms with Crippen molar-refractivity contribution in [1.29, 1.82) is 0 Å². The zero-order chi connectivity index (χ0) is 14.3. The highest BCUT2D eigenvalue weighted by atomic mass is 19.1. The molecule has 0 aromatic heterocycles. The molecule has 1 aromatic rings. The van der Waals surface area contributed by atoms with E-state index in [2.05, 4.69) is 11.2 Å². The zero-order valence-corrected chi connectivity index (χ0v) is 10.4. The van der Waals surface area contributed by atoms with Crippen LogP contribution in [0.15, 0.2) is 24.3 Å². The van der Waals surface area contributed by atoms with Gasteiger partial charge in [-0.3, -0.25) is 9.59 Å². The Balaban J connectivity index is 2.63. The summed E-state index contributed by atoms with van der Waals surface area (Å²) in [5.74, 6) is 0.927. The average Bonchev–Trinajstić information content (AvgIpc) is 2.38. The van der Waals surface area contributed by atoms with Crippen LogP contribution in [-0.4, -0.2) is 17.9 Å². The molecular formula is C14H15FN2O2. The maximum atomic E-state index is 12.7. The van der Waals surface area contributed by atoms with Crippen molar-refractivity contribution in [2.24, 2.45) is 5.73 Å². The van der Waals surface area contributed by atoms with E-state index in [0.29, 0.717) is 19.3 Å². The number of amides is 2. The van der Waals surface area contributed by atoms with Gasteiger partial charge in [-0.1, -0.05) is 0 Å². The molecule has 1 atom stereocenters. The number of unbranched alkanes of at least 4 members (excludes halogenated alkanes) is 1. The molecule has 0 unspecified atom stereocenters. The molecule has 0 fully saturated rings. The maximum absolute atomic E-state index is 12.7. The summed E-state index contributed by atoms with van der Waals surface area (Å²) in [5, 5.41) is 2.51. The molecule has 3 N–H and O–H groups in total. The van der Waals surface area contributed by atoms with Crippen molar-refractivity contribution in [2.75, 3.05) is 0 Å². The first-order valence-corrected chi connectivity index (χ1v) is 5.84. The molecule has 4 nitrogen and oxygen atoms in total. The molecular weight excluding hydrogens is 247 g/mol. The topological polar surface area (TPSA) is 72.2 Å². The quantitative estimate of drug-likeness (QED) is 0.597. The highest BCUT2D eigenvalue weighted by Crippen LogP contribution is 2.05. The molecule has 0 saturated carbocycles. The minimum absolute atomic E-state index is 0.268. The lowest BCUT2D eigenvalue weighted by Gasteiger charge is -2.14. The second-order valence-corrected chi connectivity index (χ2v) is 4.03. The van der Waals surface area contributed by atoms with Crippen LogP contribution >= 0.6 is 0 Å². The summed E-state index contributed by atoms with van der Waals surface area (Å²) < 4.78 is 12.7. The largest absolute Gasteiger partial charge is 0.368 e. The standard InChI is InChI=1S/C14H15FN2O2/c1-2-3-4-5-12(13(16)18)17-14(19)10-6-8-11(15)9-7-10/h1,6-9,12H,3-5H2,(H2,16,18)(H,17,19)/t12-/m1/s1. The number of primary amides is 1. The van der Waals surface area contributed by atoms with Crippen LogP contribution in [-0.2, 0) is 4.79 Å². The molecule has 19 heavy (non-hydrogen) atoms. The molecule has 0 saturated heterocycles.